The summed E-state index contributed by atoms with van der Waals surface area (Å²) >= 11 is 0. The molecule has 1 aromatic heterocycles. The number of para-hydroxylation sites is 2. The number of ether oxygens (including phenoxy) is 2. The molecule has 1 aliphatic carbocycles. The van der Waals surface area contributed by atoms with Crippen molar-refractivity contribution >= 4 is 17.5 Å². The molecule has 1 aliphatic rings. The number of nitrogens with zero attached hydrogens (tertiary/aromatic N) is 1. The summed E-state index contributed by atoms with van der Waals surface area (Å²) in [5, 5.41) is 12.1. The molecule has 0 atom stereocenters. The van der Waals surface area contributed by atoms with E-state index in [1.54, 1.807) is 38.2 Å². The van der Waals surface area contributed by atoms with Gasteiger partial charge in [0.15, 0.2) is 11.5 Å². The second kappa shape index (κ2) is 10.9. The average molecular weight is 531 g/mol. The van der Waals surface area contributed by atoms with E-state index in [4.69, 9.17) is 9.26 Å². The molecule has 200 valence electrons. The fourth-order valence-corrected chi connectivity index (χ4v) is 4.13. The molecular formula is C26H25F3N4O5. The Morgan fingerprint density at radius 2 is 1.87 bits per heavy atom. The van der Waals surface area contributed by atoms with Crippen molar-refractivity contribution in [2.45, 2.75) is 32.5 Å². The van der Waals surface area contributed by atoms with Gasteiger partial charge in [-0.15, -0.1) is 13.2 Å². The molecule has 2 amide bonds. The molecule has 3 aromatic rings. The molecule has 9 nitrogen and oxygen atoms in total. The maximum absolute atomic E-state index is 13.3. The lowest BCUT2D eigenvalue weighted by molar-refractivity contribution is -0.274. The summed E-state index contributed by atoms with van der Waals surface area (Å²) < 4.78 is 52.7. The van der Waals surface area contributed by atoms with Crippen molar-refractivity contribution in [2.24, 2.45) is 0 Å². The van der Waals surface area contributed by atoms with Crippen LogP contribution in [0.1, 0.15) is 35.0 Å². The van der Waals surface area contributed by atoms with Crippen molar-refractivity contribution in [3.05, 3.63) is 70.7 Å². The van der Waals surface area contributed by atoms with Crippen molar-refractivity contribution in [3.63, 3.8) is 0 Å². The zero-order valence-corrected chi connectivity index (χ0v) is 20.8. The lowest BCUT2D eigenvalue weighted by Crippen LogP contribution is -2.34. The van der Waals surface area contributed by atoms with E-state index in [2.05, 4.69) is 25.8 Å². The van der Waals surface area contributed by atoms with E-state index < -0.39 is 18.2 Å². The quantitative estimate of drug-likeness (QED) is 0.384. The van der Waals surface area contributed by atoms with Crippen molar-refractivity contribution in [1.82, 2.24) is 15.8 Å². The number of carbonyl (C=O) groups is 2. The molecule has 4 rings (SSSR count). The predicted octanol–water partition coefficient (Wildman–Crippen LogP) is 4.56. The molecule has 38 heavy (non-hydrogen) atoms. The Labute approximate surface area is 216 Å². The highest BCUT2D eigenvalue weighted by Gasteiger charge is 2.32. The number of carbonyl (C=O) groups excluding carboxylic acids is 2. The average Bonchev–Trinajstić information content (AvgIpc) is 3.21. The van der Waals surface area contributed by atoms with Crippen LogP contribution in [0.4, 0.5) is 18.9 Å². The topological polar surface area (TPSA) is 115 Å². The van der Waals surface area contributed by atoms with Crippen LogP contribution in [-0.2, 0) is 17.6 Å². The van der Waals surface area contributed by atoms with Gasteiger partial charge in [-0.05, 0) is 62.1 Å². The van der Waals surface area contributed by atoms with Gasteiger partial charge in [0.2, 0.25) is 0 Å². The van der Waals surface area contributed by atoms with Crippen molar-refractivity contribution < 1.29 is 36.8 Å². The van der Waals surface area contributed by atoms with E-state index in [9.17, 15) is 22.8 Å². The van der Waals surface area contributed by atoms with Crippen LogP contribution in [0.15, 0.2) is 58.4 Å². The zero-order chi connectivity index (χ0) is 27.4. The number of hydrogen-bond donors (Lipinski definition) is 3. The summed E-state index contributed by atoms with van der Waals surface area (Å²) in [6.07, 6.45) is -3.44. The van der Waals surface area contributed by atoms with Gasteiger partial charge in [0.1, 0.15) is 17.2 Å². The van der Waals surface area contributed by atoms with Gasteiger partial charge in [-0.3, -0.25) is 9.59 Å². The first kappa shape index (κ1) is 26.6. The zero-order valence-electron chi connectivity index (χ0n) is 20.8. The molecule has 0 radical (unpaired) electrons. The molecule has 3 N–H and O–H groups in total. The lowest BCUT2D eigenvalue weighted by atomic mass is 10.0. The first-order chi connectivity index (χ1) is 18.1. The number of anilines is 1. The highest BCUT2D eigenvalue weighted by molar-refractivity contribution is 6.09. The SMILES string of the molecule is CN/C(C)=C(/NC(=O)c1noc2c1CCCc1cc(OC(F)(F)F)ccc1-2)C(=O)Nc1ccccc1OC. The number of methoxy groups -OCH3 is 1. The van der Waals surface area contributed by atoms with E-state index >= 15 is 0 Å². The number of fused-ring (bicyclic) bond motifs is 3. The van der Waals surface area contributed by atoms with Gasteiger partial charge in [-0.1, -0.05) is 17.3 Å². The van der Waals surface area contributed by atoms with Crippen LogP contribution in [0.25, 0.3) is 11.3 Å². The molecule has 0 saturated carbocycles. The van der Waals surface area contributed by atoms with Crippen LogP contribution < -0.4 is 25.4 Å². The Bertz CT molecular complexity index is 1400. The number of rotatable bonds is 7. The number of aryl methyl sites for hydroxylation is 1. The highest BCUT2D eigenvalue weighted by atomic mass is 19.4. The molecular weight excluding hydrogens is 505 g/mol. The summed E-state index contributed by atoms with van der Waals surface area (Å²) in [6, 6.07) is 10.8. The predicted molar refractivity (Wildman–Crippen MR) is 131 cm³/mol. The molecule has 2 aromatic carbocycles. The minimum absolute atomic E-state index is 0.0186. The second-order valence-electron chi connectivity index (χ2n) is 8.42. The highest BCUT2D eigenvalue weighted by Crippen LogP contribution is 2.37. The minimum Gasteiger partial charge on any atom is -0.495 e. The molecule has 0 fully saturated rings. The number of allylic oxidation sites excluding steroid dienone is 1. The first-order valence-electron chi connectivity index (χ1n) is 11.6. The third kappa shape index (κ3) is 5.74. The molecule has 0 spiro atoms. The monoisotopic (exact) mass is 530 g/mol. The Kier molecular flexibility index (Phi) is 7.60. The lowest BCUT2D eigenvalue weighted by Gasteiger charge is -2.15. The first-order valence-corrected chi connectivity index (χ1v) is 11.6. The van der Waals surface area contributed by atoms with Crippen LogP contribution in [-0.4, -0.2) is 37.5 Å². The Balaban J connectivity index is 1.60. The molecule has 12 heteroatoms. The Morgan fingerprint density at radius 3 is 2.58 bits per heavy atom. The van der Waals surface area contributed by atoms with E-state index in [1.165, 1.54) is 25.3 Å². The normalized spacial score (nSPS) is 13.3. The number of aromatic nitrogens is 1. The number of benzene rings is 2. The smallest absolute Gasteiger partial charge is 0.495 e. The van der Waals surface area contributed by atoms with Gasteiger partial charge < -0.3 is 29.9 Å². The van der Waals surface area contributed by atoms with Gasteiger partial charge >= 0.3 is 6.36 Å². The van der Waals surface area contributed by atoms with Gasteiger partial charge in [-0.2, -0.15) is 0 Å². The van der Waals surface area contributed by atoms with Gasteiger partial charge in [-0.25, -0.2) is 0 Å². The van der Waals surface area contributed by atoms with Crippen molar-refractivity contribution in [2.75, 3.05) is 19.5 Å². The van der Waals surface area contributed by atoms with Gasteiger partial charge in [0.05, 0.1) is 12.8 Å². The number of amides is 2. The summed E-state index contributed by atoms with van der Waals surface area (Å²) in [5.41, 5.74) is 2.35. The molecule has 0 unspecified atom stereocenters. The van der Waals surface area contributed by atoms with Crippen LogP contribution >= 0.6 is 0 Å². The number of hydrogen-bond acceptors (Lipinski definition) is 7. The fourth-order valence-electron chi connectivity index (χ4n) is 4.13. The standard InChI is InChI=1S/C26H25F3N4O5/c1-14(30-2)21(24(34)31-19-9-4-5-10-20(19)36-3)32-25(35)22-18-8-6-7-15-13-16(37-26(27,28)29)11-12-17(15)23(18)38-33-22/h4-5,9-13,30H,6-8H2,1-3H3,(H,31,34)(H,32,35)/b21-14+. The maximum atomic E-state index is 13.3. The third-order valence-corrected chi connectivity index (χ3v) is 6.00. The summed E-state index contributed by atoms with van der Waals surface area (Å²) in [7, 11) is 3.08. The fraction of sp³-hybridized carbons (Fsp3) is 0.269. The van der Waals surface area contributed by atoms with E-state index in [0.717, 1.165) is 0 Å². The van der Waals surface area contributed by atoms with Gasteiger partial charge in [0.25, 0.3) is 11.8 Å². The summed E-state index contributed by atoms with van der Waals surface area (Å²) in [6.45, 7) is 1.62. The molecule has 1 heterocycles. The van der Waals surface area contributed by atoms with Crippen LogP contribution in [0, 0.1) is 0 Å². The molecule has 0 saturated heterocycles. The Morgan fingerprint density at radius 1 is 1.11 bits per heavy atom. The largest absolute Gasteiger partial charge is 0.573 e. The summed E-state index contributed by atoms with van der Waals surface area (Å²) in [4.78, 5) is 26.4. The second-order valence-corrected chi connectivity index (χ2v) is 8.42. The van der Waals surface area contributed by atoms with Crippen molar-refractivity contribution in [1.29, 1.82) is 0 Å². The number of nitrogens with one attached hydrogen (secondary N) is 3. The summed E-state index contributed by atoms with van der Waals surface area (Å²) in [5.74, 6) is -0.869. The van der Waals surface area contributed by atoms with Crippen molar-refractivity contribution in [3.8, 4) is 22.8 Å². The number of alkyl halides is 3. The van der Waals surface area contributed by atoms with E-state index in [0.29, 0.717) is 53.1 Å². The third-order valence-electron chi connectivity index (χ3n) is 6.00. The number of halogens is 3. The Hall–Kier alpha value is -4.48. The minimum atomic E-state index is -4.81. The van der Waals surface area contributed by atoms with E-state index in [-0.39, 0.29) is 22.9 Å². The van der Waals surface area contributed by atoms with Crippen LogP contribution in [0.5, 0.6) is 11.5 Å². The van der Waals surface area contributed by atoms with Gasteiger partial charge in [0, 0.05) is 23.9 Å². The molecule has 0 bridgehead atoms. The molecule has 0 aliphatic heterocycles. The van der Waals surface area contributed by atoms with Crippen LogP contribution in [0.2, 0.25) is 0 Å². The van der Waals surface area contributed by atoms with E-state index in [1.807, 2.05) is 0 Å². The maximum Gasteiger partial charge on any atom is 0.573 e. The van der Waals surface area contributed by atoms with Crippen LogP contribution in [0.3, 0.4) is 0 Å².